The van der Waals surface area contributed by atoms with Crippen LogP contribution in [-0.4, -0.2) is 26.0 Å². The van der Waals surface area contributed by atoms with E-state index < -0.39 is 5.60 Å². The Kier molecular flexibility index (Phi) is 3.78. The van der Waals surface area contributed by atoms with Gasteiger partial charge in [0, 0.05) is 12.3 Å². The number of thioether (sulfide) groups is 1. The molecule has 1 heterocycles. The van der Waals surface area contributed by atoms with E-state index in [0.717, 1.165) is 22.7 Å². The summed E-state index contributed by atoms with van der Waals surface area (Å²) in [5, 5.41) is 10.7. The molecule has 2 rings (SSSR count). The van der Waals surface area contributed by atoms with E-state index >= 15 is 0 Å². The number of hydrogen-bond donors (Lipinski definition) is 1. The van der Waals surface area contributed by atoms with Crippen LogP contribution >= 0.6 is 11.8 Å². The van der Waals surface area contributed by atoms with Gasteiger partial charge in [-0.3, -0.25) is 0 Å². The molecule has 1 N–H and O–H groups in total. The number of imidazole rings is 1. The minimum Gasteiger partial charge on any atom is -0.390 e. The molecular weight excluding hydrogens is 244 g/mol. The predicted octanol–water partition coefficient (Wildman–Crippen LogP) is 3.09. The van der Waals surface area contributed by atoms with Crippen LogP contribution in [0, 0.1) is 0 Å². The standard InChI is InChI=1S/C14H18N2OS/c1-4-9-16-12-8-6-5-7-11(12)15-13(16)18-10-14(2,3)17/h4-8,17H,1,9-10H2,2-3H3. The SMILES string of the molecule is C=CCn1c(SCC(C)(C)O)nc2ccccc21. The van der Waals surface area contributed by atoms with Gasteiger partial charge < -0.3 is 9.67 Å². The molecule has 1 aromatic heterocycles. The van der Waals surface area contributed by atoms with Crippen LogP contribution in [0.3, 0.4) is 0 Å². The highest BCUT2D eigenvalue weighted by Crippen LogP contribution is 2.26. The van der Waals surface area contributed by atoms with Crippen LogP contribution in [0.5, 0.6) is 0 Å². The van der Waals surface area contributed by atoms with E-state index in [1.54, 1.807) is 25.6 Å². The summed E-state index contributed by atoms with van der Waals surface area (Å²) in [6, 6.07) is 8.05. The maximum Gasteiger partial charge on any atom is 0.169 e. The molecule has 0 aliphatic carbocycles. The molecule has 0 aliphatic heterocycles. The third kappa shape index (κ3) is 2.94. The molecule has 18 heavy (non-hydrogen) atoms. The lowest BCUT2D eigenvalue weighted by Gasteiger charge is -2.16. The van der Waals surface area contributed by atoms with Crippen molar-refractivity contribution in [3.05, 3.63) is 36.9 Å². The van der Waals surface area contributed by atoms with Gasteiger partial charge in [0.15, 0.2) is 5.16 Å². The maximum atomic E-state index is 9.80. The first-order valence-electron chi connectivity index (χ1n) is 5.92. The lowest BCUT2D eigenvalue weighted by molar-refractivity contribution is 0.107. The molecule has 0 fully saturated rings. The first-order valence-corrected chi connectivity index (χ1v) is 6.91. The minimum absolute atomic E-state index is 0.619. The topological polar surface area (TPSA) is 38.0 Å². The second-order valence-corrected chi connectivity index (χ2v) is 5.83. The maximum absolute atomic E-state index is 9.80. The van der Waals surface area contributed by atoms with Crippen molar-refractivity contribution < 1.29 is 5.11 Å². The second-order valence-electron chi connectivity index (χ2n) is 4.88. The van der Waals surface area contributed by atoms with Crippen LogP contribution in [-0.2, 0) is 6.54 Å². The normalized spacial score (nSPS) is 11.9. The number of para-hydroxylation sites is 2. The van der Waals surface area contributed by atoms with Crippen molar-refractivity contribution in [2.75, 3.05) is 5.75 Å². The van der Waals surface area contributed by atoms with Gasteiger partial charge in [-0.2, -0.15) is 0 Å². The average Bonchev–Trinajstić information content (AvgIpc) is 2.65. The number of aliphatic hydroxyl groups is 1. The Labute approximate surface area is 112 Å². The van der Waals surface area contributed by atoms with E-state index in [1.165, 1.54) is 0 Å². The van der Waals surface area contributed by atoms with Gasteiger partial charge in [-0.25, -0.2) is 4.98 Å². The van der Waals surface area contributed by atoms with Crippen LogP contribution < -0.4 is 0 Å². The van der Waals surface area contributed by atoms with Crippen molar-refractivity contribution in [2.45, 2.75) is 31.1 Å². The highest BCUT2D eigenvalue weighted by Gasteiger charge is 2.16. The summed E-state index contributed by atoms with van der Waals surface area (Å²) < 4.78 is 2.12. The predicted molar refractivity (Wildman–Crippen MR) is 77.0 cm³/mol. The molecule has 0 spiro atoms. The second kappa shape index (κ2) is 5.16. The van der Waals surface area contributed by atoms with Gasteiger partial charge in [-0.15, -0.1) is 6.58 Å². The molecule has 0 saturated heterocycles. The Bertz CT molecular complexity index is 554. The molecule has 2 aromatic rings. The number of rotatable bonds is 5. The van der Waals surface area contributed by atoms with Crippen molar-refractivity contribution in [2.24, 2.45) is 0 Å². The summed E-state index contributed by atoms with van der Waals surface area (Å²) >= 11 is 1.57. The molecular formula is C14H18N2OS. The Morgan fingerprint density at radius 1 is 1.44 bits per heavy atom. The number of allylic oxidation sites excluding steroid dienone is 1. The van der Waals surface area contributed by atoms with Gasteiger partial charge in [0.1, 0.15) is 0 Å². The van der Waals surface area contributed by atoms with Crippen molar-refractivity contribution in [1.82, 2.24) is 9.55 Å². The largest absolute Gasteiger partial charge is 0.390 e. The fraction of sp³-hybridized carbons (Fsp3) is 0.357. The molecule has 0 saturated carbocycles. The van der Waals surface area contributed by atoms with Crippen molar-refractivity contribution in [1.29, 1.82) is 0 Å². The minimum atomic E-state index is -0.693. The fourth-order valence-corrected chi connectivity index (χ4v) is 2.68. The molecule has 0 aliphatic rings. The van der Waals surface area contributed by atoms with Crippen LogP contribution in [0.25, 0.3) is 11.0 Å². The molecule has 0 amide bonds. The van der Waals surface area contributed by atoms with Crippen LogP contribution in [0.1, 0.15) is 13.8 Å². The lowest BCUT2D eigenvalue weighted by Crippen LogP contribution is -2.22. The van der Waals surface area contributed by atoms with Crippen LogP contribution in [0.15, 0.2) is 42.1 Å². The monoisotopic (exact) mass is 262 g/mol. The summed E-state index contributed by atoms with van der Waals surface area (Å²) in [5.41, 5.74) is 1.40. The van der Waals surface area contributed by atoms with E-state index in [2.05, 4.69) is 22.2 Å². The lowest BCUT2D eigenvalue weighted by atomic mass is 10.2. The third-order valence-electron chi connectivity index (χ3n) is 2.49. The molecule has 0 unspecified atom stereocenters. The number of benzene rings is 1. The molecule has 3 nitrogen and oxygen atoms in total. The average molecular weight is 262 g/mol. The number of nitrogens with zero attached hydrogens (tertiary/aromatic N) is 2. The number of aromatic nitrogens is 2. The number of fused-ring (bicyclic) bond motifs is 1. The van der Waals surface area contributed by atoms with E-state index in [4.69, 9.17) is 0 Å². The van der Waals surface area contributed by atoms with Crippen molar-refractivity contribution >= 4 is 22.8 Å². The zero-order valence-corrected chi connectivity index (χ0v) is 11.6. The van der Waals surface area contributed by atoms with Gasteiger partial charge in [-0.1, -0.05) is 30.0 Å². The smallest absolute Gasteiger partial charge is 0.169 e. The highest BCUT2D eigenvalue weighted by molar-refractivity contribution is 7.99. The summed E-state index contributed by atoms with van der Waals surface area (Å²) in [6.07, 6.45) is 1.86. The summed E-state index contributed by atoms with van der Waals surface area (Å²) in [7, 11) is 0. The Hall–Kier alpha value is -1.26. The van der Waals surface area contributed by atoms with E-state index in [1.807, 2.05) is 24.3 Å². The van der Waals surface area contributed by atoms with E-state index in [9.17, 15) is 5.11 Å². The third-order valence-corrected chi connectivity index (χ3v) is 3.91. The van der Waals surface area contributed by atoms with Crippen molar-refractivity contribution in [3.63, 3.8) is 0 Å². The quantitative estimate of drug-likeness (QED) is 0.664. The molecule has 1 aromatic carbocycles. The first-order chi connectivity index (χ1) is 8.51. The van der Waals surface area contributed by atoms with Gasteiger partial charge in [-0.05, 0) is 26.0 Å². The first kappa shape index (κ1) is 13.2. The van der Waals surface area contributed by atoms with Gasteiger partial charge in [0.25, 0.3) is 0 Å². The molecule has 96 valence electrons. The van der Waals surface area contributed by atoms with E-state index in [-0.39, 0.29) is 0 Å². The number of hydrogen-bond acceptors (Lipinski definition) is 3. The Balaban J connectivity index is 2.36. The molecule has 4 heteroatoms. The van der Waals surface area contributed by atoms with Gasteiger partial charge in [0.2, 0.25) is 0 Å². The van der Waals surface area contributed by atoms with E-state index in [0.29, 0.717) is 5.75 Å². The van der Waals surface area contributed by atoms with Crippen LogP contribution in [0.2, 0.25) is 0 Å². The van der Waals surface area contributed by atoms with Gasteiger partial charge >= 0.3 is 0 Å². The summed E-state index contributed by atoms with van der Waals surface area (Å²) in [5.74, 6) is 0.619. The zero-order chi connectivity index (χ0) is 13.2. The summed E-state index contributed by atoms with van der Waals surface area (Å²) in [4.78, 5) is 4.60. The van der Waals surface area contributed by atoms with Crippen molar-refractivity contribution in [3.8, 4) is 0 Å². The molecule has 0 radical (unpaired) electrons. The highest BCUT2D eigenvalue weighted by atomic mass is 32.2. The molecule has 0 bridgehead atoms. The molecule has 0 atom stereocenters. The zero-order valence-electron chi connectivity index (χ0n) is 10.8. The Morgan fingerprint density at radius 3 is 2.83 bits per heavy atom. The fourth-order valence-electron chi connectivity index (χ4n) is 1.71. The van der Waals surface area contributed by atoms with Crippen LogP contribution in [0.4, 0.5) is 0 Å². The Morgan fingerprint density at radius 2 is 2.17 bits per heavy atom. The van der Waals surface area contributed by atoms with Gasteiger partial charge in [0.05, 0.1) is 16.6 Å². The summed E-state index contributed by atoms with van der Waals surface area (Å²) in [6.45, 7) is 8.13.